The van der Waals surface area contributed by atoms with E-state index in [-0.39, 0.29) is 5.60 Å². The Kier molecular flexibility index (Phi) is 3.92. The summed E-state index contributed by atoms with van der Waals surface area (Å²) >= 11 is 0. The highest BCUT2D eigenvalue weighted by Crippen LogP contribution is 2.25. The summed E-state index contributed by atoms with van der Waals surface area (Å²) < 4.78 is 5.77. The fourth-order valence-corrected chi connectivity index (χ4v) is 2.43. The number of ether oxygens (including phenoxy) is 1. The smallest absolute Gasteiger partial charge is 0.335 e. The van der Waals surface area contributed by atoms with Crippen LogP contribution in [0.2, 0.25) is 0 Å². The van der Waals surface area contributed by atoms with E-state index in [4.69, 9.17) is 9.84 Å². The van der Waals surface area contributed by atoms with E-state index in [2.05, 4.69) is 25.7 Å². The molecule has 0 amide bonds. The lowest BCUT2D eigenvalue weighted by atomic mass is 9.96. The fourth-order valence-electron chi connectivity index (χ4n) is 2.43. The van der Waals surface area contributed by atoms with E-state index in [0.29, 0.717) is 11.6 Å². The van der Waals surface area contributed by atoms with Gasteiger partial charge in [0.2, 0.25) is 0 Å². The number of hydrogen-bond donors (Lipinski definition) is 1. The summed E-state index contributed by atoms with van der Waals surface area (Å²) in [6, 6.07) is 7.45. The largest absolute Gasteiger partial charge is 0.478 e. The van der Waals surface area contributed by atoms with Gasteiger partial charge >= 0.3 is 5.97 Å². The van der Waals surface area contributed by atoms with Crippen LogP contribution in [-0.2, 0) is 11.3 Å². The van der Waals surface area contributed by atoms with E-state index in [1.807, 2.05) is 6.07 Å². The zero-order valence-corrected chi connectivity index (χ0v) is 11.7. The highest BCUT2D eigenvalue weighted by atomic mass is 16.5. The number of benzene rings is 1. The van der Waals surface area contributed by atoms with Crippen LogP contribution in [0.4, 0.5) is 0 Å². The van der Waals surface area contributed by atoms with E-state index < -0.39 is 5.97 Å². The van der Waals surface area contributed by atoms with Crippen LogP contribution in [-0.4, -0.2) is 40.8 Å². The van der Waals surface area contributed by atoms with Crippen molar-refractivity contribution in [3.05, 3.63) is 35.4 Å². The molecule has 0 spiro atoms. The van der Waals surface area contributed by atoms with Gasteiger partial charge in [-0.15, -0.1) is 0 Å². The molecule has 0 radical (unpaired) electrons. The van der Waals surface area contributed by atoms with Crippen molar-refractivity contribution in [1.82, 2.24) is 4.90 Å². The van der Waals surface area contributed by atoms with Crippen molar-refractivity contribution < 1.29 is 14.6 Å². The van der Waals surface area contributed by atoms with Gasteiger partial charge in [0.05, 0.1) is 17.8 Å². The molecule has 19 heavy (non-hydrogen) atoms. The molecule has 1 fully saturated rings. The monoisotopic (exact) mass is 263 g/mol. The summed E-state index contributed by atoms with van der Waals surface area (Å²) in [7, 11) is 0. The van der Waals surface area contributed by atoms with Gasteiger partial charge in [0.15, 0.2) is 0 Å². The Hall–Kier alpha value is -1.39. The van der Waals surface area contributed by atoms with Crippen molar-refractivity contribution in [3.63, 3.8) is 0 Å². The van der Waals surface area contributed by atoms with E-state index in [1.54, 1.807) is 18.2 Å². The Morgan fingerprint density at radius 3 is 2.95 bits per heavy atom. The molecule has 104 valence electrons. The van der Waals surface area contributed by atoms with E-state index in [0.717, 1.165) is 25.3 Å². The van der Waals surface area contributed by atoms with Crippen molar-refractivity contribution in [2.45, 2.75) is 39.0 Å². The Bertz CT molecular complexity index is 470. The lowest BCUT2D eigenvalue weighted by Gasteiger charge is -2.44. The minimum Gasteiger partial charge on any atom is -0.478 e. The zero-order chi connectivity index (χ0) is 14.0. The quantitative estimate of drug-likeness (QED) is 0.909. The predicted molar refractivity (Wildman–Crippen MR) is 73.3 cm³/mol. The van der Waals surface area contributed by atoms with Gasteiger partial charge in [-0.3, -0.25) is 4.90 Å². The number of carbonyl (C=O) groups is 1. The Morgan fingerprint density at radius 2 is 2.26 bits per heavy atom. The Balaban J connectivity index is 2.12. The van der Waals surface area contributed by atoms with E-state index >= 15 is 0 Å². The third-order valence-electron chi connectivity index (χ3n) is 3.97. The molecule has 1 heterocycles. The Morgan fingerprint density at radius 1 is 1.53 bits per heavy atom. The zero-order valence-electron chi connectivity index (χ0n) is 11.7. The van der Waals surface area contributed by atoms with Gasteiger partial charge in [-0.2, -0.15) is 0 Å². The van der Waals surface area contributed by atoms with Gasteiger partial charge in [0, 0.05) is 19.1 Å². The molecule has 1 aliphatic heterocycles. The second kappa shape index (κ2) is 5.31. The minimum atomic E-state index is -0.878. The van der Waals surface area contributed by atoms with Crippen LogP contribution in [0.25, 0.3) is 0 Å². The number of rotatable bonds is 3. The lowest BCUT2D eigenvalue weighted by Crippen LogP contribution is -2.54. The molecule has 1 saturated heterocycles. The molecule has 1 unspecified atom stereocenters. The molecule has 4 nitrogen and oxygen atoms in total. The third kappa shape index (κ3) is 3.14. The SMILES string of the molecule is CC1N(Cc2cccc(C(=O)O)c2)CCOC1(C)C. The van der Waals surface area contributed by atoms with Crippen LogP contribution in [0, 0.1) is 0 Å². The maximum absolute atomic E-state index is 11.0. The molecule has 1 atom stereocenters. The summed E-state index contributed by atoms with van der Waals surface area (Å²) in [5.41, 5.74) is 1.21. The van der Waals surface area contributed by atoms with Crippen LogP contribution >= 0.6 is 0 Å². The van der Waals surface area contributed by atoms with Crippen molar-refractivity contribution in [3.8, 4) is 0 Å². The molecule has 1 aliphatic rings. The van der Waals surface area contributed by atoms with Gasteiger partial charge in [-0.25, -0.2) is 4.79 Å². The summed E-state index contributed by atoms with van der Waals surface area (Å²) in [4.78, 5) is 13.3. The molecule has 4 heteroatoms. The van der Waals surface area contributed by atoms with Crippen molar-refractivity contribution in [2.75, 3.05) is 13.2 Å². The Labute approximate surface area is 114 Å². The minimum absolute atomic E-state index is 0.164. The molecule has 0 saturated carbocycles. The molecular weight excluding hydrogens is 242 g/mol. The molecule has 0 aromatic heterocycles. The van der Waals surface area contributed by atoms with Gasteiger partial charge in [0.1, 0.15) is 0 Å². The normalized spacial score (nSPS) is 23.2. The summed E-state index contributed by atoms with van der Waals surface area (Å²) in [6.07, 6.45) is 0. The van der Waals surface area contributed by atoms with Crippen molar-refractivity contribution >= 4 is 5.97 Å². The van der Waals surface area contributed by atoms with Gasteiger partial charge in [0.25, 0.3) is 0 Å². The van der Waals surface area contributed by atoms with Crippen LogP contribution in [0.15, 0.2) is 24.3 Å². The second-order valence-electron chi connectivity index (χ2n) is 5.60. The summed E-state index contributed by atoms with van der Waals surface area (Å²) in [5, 5.41) is 9.02. The summed E-state index contributed by atoms with van der Waals surface area (Å²) in [5.74, 6) is -0.878. The number of nitrogens with zero attached hydrogens (tertiary/aromatic N) is 1. The first-order chi connectivity index (χ1) is 8.90. The number of hydrogen-bond acceptors (Lipinski definition) is 3. The first-order valence-electron chi connectivity index (χ1n) is 6.60. The molecule has 2 rings (SSSR count). The highest BCUT2D eigenvalue weighted by molar-refractivity contribution is 5.87. The second-order valence-corrected chi connectivity index (χ2v) is 5.60. The lowest BCUT2D eigenvalue weighted by molar-refractivity contribution is -0.124. The standard InChI is InChI=1S/C15H21NO3/c1-11-15(2,3)19-8-7-16(11)10-12-5-4-6-13(9-12)14(17)18/h4-6,9,11H,7-8,10H2,1-3H3,(H,17,18). The number of carboxylic acids is 1. The fraction of sp³-hybridized carbons (Fsp3) is 0.533. The van der Waals surface area contributed by atoms with Crippen LogP contribution in [0.1, 0.15) is 36.7 Å². The number of aromatic carboxylic acids is 1. The molecule has 0 bridgehead atoms. The predicted octanol–water partition coefficient (Wildman–Crippen LogP) is 2.38. The molecule has 1 aromatic carbocycles. The number of morpholine rings is 1. The van der Waals surface area contributed by atoms with Crippen LogP contribution in [0.5, 0.6) is 0 Å². The summed E-state index contributed by atoms with van der Waals surface area (Å²) in [6.45, 7) is 8.70. The van der Waals surface area contributed by atoms with E-state index in [1.165, 1.54) is 0 Å². The van der Waals surface area contributed by atoms with Crippen molar-refractivity contribution in [2.24, 2.45) is 0 Å². The highest BCUT2D eigenvalue weighted by Gasteiger charge is 2.35. The average molecular weight is 263 g/mol. The first kappa shape index (κ1) is 14.0. The van der Waals surface area contributed by atoms with Crippen LogP contribution in [0.3, 0.4) is 0 Å². The first-order valence-corrected chi connectivity index (χ1v) is 6.60. The van der Waals surface area contributed by atoms with Gasteiger partial charge in [-0.1, -0.05) is 12.1 Å². The molecule has 1 N–H and O–H groups in total. The van der Waals surface area contributed by atoms with Crippen LogP contribution < -0.4 is 0 Å². The maximum Gasteiger partial charge on any atom is 0.335 e. The molecular formula is C15H21NO3. The number of carboxylic acid groups (broad SMARTS) is 1. The molecule has 1 aromatic rings. The topological polar surface area (TPSA) is 49.8 Å². The van der Waals surface area contributed by atoms with Gasteiger partial charge < -0.3 is 9.84 Å². The van der Waals surface area contributed by atoms with Crippen molar-refractivity contribution in [1.29, 1.82) is 0 Å². The third-order valence-corrected chi connectivity index (χ3v) is 3.97. The maximum atomic E-state index is 11.0. The van der Waals surface area contributed by atoms with E-state index in [9.17, 15) is 4.79 Å². The molecule has 0 aliphatic carbocycles. The van der Waals surface area contributed by atoms with Gasteiger partial charge in [-0.05, 0) is 38.5 Å². The average Bonchev–Trinajstić information content (AvgIpc) is 2.35.